The van der Waals surface area contributed by atoms with Gasteiger partial charge in [-0.3, -0.25) is 14.7 Å². The smallest absolute Gasteiger partial charge is 0.475 e. The van der Waals surface area contributed by atoms with E-state index in [1.54, 1.807) is 0 Å². The number of rotatable bonds is 10. The second kappa shape index (κ2) is 13.8. The molecule has 0 aliphatic carbocycles. The first-order valence-electron chi connectivity index (χ1n) is 14.7. The number of fused-ring (bicyclic) bond motifs is 1. The molecule has 4 aromatic rings. The van der Waals surface area contributed by atoms with Crippen LogP contribution in [-0.2, 0) is 22.9 Å². The Morgan fingerprint density at radius 2 is 1.86 bits per heavy atom. The van der Waals surface area contributed by atoms with E-state index in [0.717, 1.165) is 57.8 Å². The van der Waals surface area contributed by atoms with Gasteiger partial charge in [0.05, 0.1) is 40.7 Å². The highest BCUT2D eigenvalue weighted by Gasteiger charge is 2.50. The normalized spacial score (nSPS) is 16.2. The number of aromatic nitrogens is 6. The monoisotopic (exact) mass is 719 g/mol. The number of ether oxygens (including phenoxy) is 1. The van der Waals surface area contributed by atoms with Gasteiger partial charge >= 0.3 is 7.12 Å². The summed E-state index contributed by atoms with van der Waals surface area (Å²) in [7, 11) is 3.66. The largest absolute Gasteiger partial charge is 0.487 e. The van der Waals surface area contributed by atoms with Crippen molar-refractivity contribution in [3.05, 3.63) is 53.0 Å². The molecule has 232 valence electrons. The standard InChI is InChI=1S/C28H38BIN7O3P.C2H6/c1-18-19(2)32-33-26(18)38-14-13-35(7)17-25-22(16-31-36(25)8)20-9-10-24-21(15-20)23(34-37(24)41-30)11-12-29-39-27(3,4)28(5,6)40-29;1-2/h9-12,15-16,41H,13-14,17H2,1-8H3,(H,32,33);1-2H3/b12-11+;. The minimum absolute atomic E-state index is 0.382. The zero-order valence-corrected chi connectivity index (χ0v) is 30.1. The van der Waals surface area contributed by atoms with E-state index in [0.29, 0.717) is 18.9 Å². The number of likely N-dealkylation sites (N-methyl/N-ethyl adjacent to an activating group) is 1. The van der Waals surface area contributed by atoms with Crippen LogP contribution in [0, 0.1) is 13.8 Å². The predicted molar refractivity (Wildman–Crippen MR) is 186 cm³/mol. The van der Waals surface area contributed by atoms with Gasteiger partial charge in [-0.25, -0.2) is 4.45 Å². The minimum atomic E-state index is -0.421. The van der Waals surface area contributed by atoms with Crippen LogP contribution in [-0.4, -0.2) is 72.9 Å². The van der Waals surface area contributed by atoms with Gasteiger partial charge in [-0.2, -0.15) is 10.2 Å². The van der Waals surface area contributed by atoms with Crippen LogP contribution in [0.3, 0.4) is 0 Å². The van der Waals surface area contributed by atoms with Crippen molar-refractivity contribution in [1.29, 1.82) is 0 Å². The summed E-state index contributed by atoms with van der Waals surface area (Å²) in [5.74, 6) is 2.63. The topological polar surface area (TPSA) is 95.2 Å². The average molecular weight is 719 g/mol. The Bertz CT molecular complexity index is 1560. The number of nitrogens with zero attached hydrogens (tertiary/aromatic N) is 6. The number of nitrogens with one attached hydrogen (secondary N) is 1. The van der Waals surface area contributed by atoms with Crippen LogP contribution in [0.4, 0.5) is 0 Å². The molecule has 1 fully saturated rings. The van der Waals surface area contributed by atoms with E-state index < -0.39 is 7.12 Å². The van der Waals surface area contributed by atoms with Gasteiger partial charge in [0.15, 0.2) is 0 Å². The van der Waals surface area contributed by atoms with Crippen LogP contribution >= 0.6 is 28.4 Å². The molecule has 0 radical (unpaired) electrons. The van der Waals surface area contributed by atoms with Crippen LogP contribution in [0.2, 0.25) is 0 Å². The fraction of sp³-hybridized carbons (Fsp3) is 0.500. The predicted octanol–water partition coefficient (Wildman–Crippen LogP) is 6.75. The Balaban J connectivity index is 0.00000207. The van der Waals surface area contributed by atoms with Gasteiger partial charge < -0.3 is 14.0 Å². The van der Waals surface area contributed by atoms with Crippen molar-refractivity contribution >= 4 is 52.5 Å². The maximum Gasteiger partial charge on any atom is 0.487 e. The van der Waals surface area contributed by atoms with Crippen LogP contribution < -0.4 is 4.74 Å². The highest BCUT2D eigenvalue weighted by Crippen LogP contribution is 2.38. The molecular formula is C30H44BIN7O3P. The molecule has 1 unspecified atom stereocenters. The SMILES string of the molecule is CC.Cc1[nH]nc(OCCN(C)Cc2c(-c3ccc4c(c3)c(/C=C/B3OC(C)(C)C(C)(C)O3)nn4PI)cnn2C)c1C. The number of halogens is 1. The van der Waals surface area contributed by atoms with E-state index in [2.05, 4.69) is 95.2 Å². The highest BCUT2D eigenvalue weighted by molar-refractivity contribution is 14.2. The maximum absolute atomic E-state index is 6.17. The highest BCUT2D eigenvalue weighted by atomic mass is 127. The lowest BCUT2D eigenvalue weighted by molar-refractivity contribution is 0.00578. The Labute approximate surface area is 270 Å². The van der Waals surface area contributed by atoms with E-state index in [1.807, 2.05) is 62.1 Å². The Kier molecular flexibility index (Phi) is 10.8. The molecule has 1 aliphatic heterocycles. The van der Waals surface area contributed by atoms with E-state index >= 15 is 0 Å². The van der Waals surface area contributed by atoms with Gasteiger partial charge in [0, 0.05) is 42.3 Å². The zero-order valence-electron chi connectivity index (χ0n) is 26.9. The molecule has 43 heavy (non-hydrogen) atoms. The number of benzene rings is 1. The van der Waals surface area contributed by atoms with Crippen molar-refractivity contribution in [2.75, 3.05) is 20.2 Å². The third-order valence-electron chi connectivity index (χ3n) is 8.18. The van der Waals surface area contributed by atoms with Crippen LogP contribution in [0.1, 0.15) is 64.2 Å². The van der Waals surface area contributed by atoms with E-state index in [9.17, 15) is 0 Å². The van der Waals surface area contributed by atoms with Crippen molar-refractivity contribution in [1.82, 2.24) is 34.4 Å². The van der Waals surface area contributed by atoms with Crippen LogP contribution in [0.25, 0.3) is 28.1 Å². The third kappa shape index (κ3) is 7.19. The summed E-state index contributed by atoms with van der Waals surface area (Å²) in [6.45, 7) is 18.3. The molecule has 10 nitrogen and oxygen atoms in total. The van der Waals surface area contributed by atoms with Crippen molar-refractivity contribution < 1.29 is 14.0 Å². The maximum atomic E-state index is 6.17. The number of hydrogen-bond donors (Lipinski definition) is 1. The third-order valence-corrected chi connectivity index (χ3v) is 10.1. The van der Waals surface area contributed by atoms with Gasteiger partial charge in [-0.05, 0) is 94.4 Å². The molecule has 1 N–H and O–H groups in total. The molecule has 1 saturated heterocycles. The second-order valence-corrected chi connectivity index (χ2v) is 13.6. The molecule has 0 amide bonds. The second-order valence-electron chi connectivity index (χ2n) is 11.6. The van der Waals surface area contributed by atoms with E-state index in [-0.39, 0.29) is 11.2 Å². The number of aryl methyl sites for hydroxylation is 2. The molecule has 3 aromatic heterocycles. The van der Waals surface area contributed by atoms with Crippen molar-refractivity contribution in [2.45, 2.75) is 73.1 Å². The Morgan fingerprint density at radius 3 is 2.49 bits per heavy atom. The summed E-state index contributed by atoms with van der Waals surface area (Å²) in [5.41, 5.74) is 6.65. The van der Waals surface area contributed by atoms with Crippen molar-refractivity contribution in [3.8, 4) is 17.0 Å². The summed E-state index contributed by atoms with van der Waals surface area (Å²) in [6, 6.07) is 6.52. The molecule has 0 spiro atoms. The van der Waals surface area contributed by atoms with Crippen molar-refractivity contribution in [2.24, 2.45) is 7.05 Å². The lowest BCUT2D eigenvalue weighted by Gasteiger charge is -2.32. The number of H-pyrrole nitrogens is 1. The molecule has 1 aromatic carbocycles. The van der Waals surface area contributed by atoms with Gasteiger partial charge in [0.25, 0.3) is 0 Å². The van der Waals surface area contributed by atoms with Crippen molar-refractivity contribution in [3.63, 3.8) is 0 Å². The summed E-state index contributed by atoms with van der Waals surface area (Å²) in [6.07, 6.45) is 4.45. The van der Waals surface area contributed by atoms with Gasteiger partial charge in [0.2, 0.25) is 5.88 Å². The molecule has 1 aliphatic rings. The first-order chi connectivity index (χ1) is 20.4. The summed E-state index contributed by atoms with van der Waals surface area (Å²) >= 11 is 2.37. The minimum Gasteiger partial charge on any atom is -0.475 e. The molecule has 1 atom stereocenters. The lowest BCUT2D eigenvalue weighted by Crippen LogP contribution is -2.41. The fourth-order valence-electron chi connectivity index (χ4n) is 4.76. The molecule has 0 bridgehead atoms. The molecule has 13 heteroatoms. The number of hydrogen-bond acceptors (Lipinski definition) is 7. The lowest BCUT2D eigenvalue weighted by atomic mass is 9.89. The average Bonchev–Trinajstić information content (AvgIpc) is 3.67. The van der Waals surface area contributed by atoms with E-state index in [1.165, 1.54) is 0 Å². The Hall–Kier alpha value is -2.25. The first kappa shape index (κ1) is 33.6. The Morgan fingerprint density at radius 1 is 1.16 bits per heavy atom. The molecule has 5 rings (SSSR count). The van der Waals surface area contributed by atoms with Gasteiger partial charge in [0.1, 0.15) is 6.61 Å². The van der Waals surface area contributed by atoms with Gasteiger partial charge in [-0.15, -0.1) is 5.10 Å². The number of aromatic amines is 1. The summed E-state index contributed by atoms with van der Waals surface area (Å²) in [5, 5.41) is 17.8. The zero-order chi connectivity index (χ0) is 31.5. The summed E-state index contributed by atoms with van der Waals surface area (Å²) in [4.78, 5) is 2.24. The van der Waals surface area contributed by atoms with Crippen LogP contribution in [0.5, 0.6) is 5.88 Å². The quantitative estimate of drug-likeness (QED) is 0.110. The first-order valence-corrected chi connectivity index (χ1v) is 18.7. The molecular weight excluding hydrogens is 675 g/mol. The van der Waals surface area contributed by atoms with E-state index in [4.69, 9.17) is 19.1 Å². The molecule has 0 saturated carbocycles. The fourth-order valence-corrected chi connectivity index (χ4v) is 6.30. The molecule has 4 heterocycles. The summed E-state index contributed by atoms with van der Waals surface area (Å²) < 4.78 is 22.2. The van der Waals surface area contributed by atoms with Crippen LogP contribution in [0.15, 0.2) is 30.4 Å². The van der Waals surface area contributed by atoms with Gasteiger partial charge in [-0.1, -0.05) is 25.9 Å².